The second-order valence-corrected chi connectivity index (χ2v) is 4.78. The largest absolute Gasteiger partial charge is 0.508 e. The van der Waals surface area contributed by atoms with Crippen LogP contribution in [0, 0.1) is 0 Å². The molecule has 0 aromatic heterocycles. The van der Waals surface area contributed by atoms with Crippen molar-refractivity contribution < 1.29 is 15.0 Å². The third-order valence-electron chi connectivity index (χ3n) is 2.50. The SMILES string of the molecule is O=C(N/N=C/c1ccccc1Br)c1ccc(O)cc1O. The van der Waals surface area contributed by atoms with Gasteiger partial charge in [0, 0.05) is 16.1 Å². The smallest absolute Gasteiger partial charge is 0.275 e. The molecule has 0 spiro atoms. The van der Waals surface area contributed by atoms with Crippen molar-refractivity contribution in [1.29, 1.82) is 0 Å². The zero-order valence-corrected chi connectivity index (χ0v) is 11.8. The number of amides is 1. The number of hydrogen-bond acceptors (Lipinski definition) is 4. The molecule has 0 fully saturated rings. The Bertz CT molecular complexity index is 671. The predicted molar refractivity (Wildman–Crippen MR) is 79.0 cm³/mol. The van der Waals surface area contributed by atoms with Gasteiger partial charge in [-0.25, -0.2) is 5.43 Å². The van der Waals surface area contributed by atoms with Gasteiger partial charge >= 0.3 is 0 Å². The maximum atomic E-state index is 11.8. The van der Waals surface area contributed by atoms with Crippen molar-refractivity contribution in [2.75, 3.05) is 0 Å². The molecule has 20 heavy (non-hydrogen) atoms. The van der Waals surface area contributed by atoms with Gasteiger partial charge in [-0.1, -0.05) is 34.1 Å². The van der Waals surface area contributed by atoms with Crippen LogP contribution >= 0.6 is 15.9 Å². The number of aromatic hydroxyl groups is 2. The first-order valence-corrected chi connectivity index (χ1v) is 6.47. The van der Waals surface area contributed by atoms with Crippen LogP contribution in [-0.2, 0) is 0 Å². The summed E-state index contributed by atoms with van der Waals surface area (Å²) >= 11 is 3.36. The van der Waals surface area contributed by atoms with Crippen molar-refractivity contribution in [1.82, 2.24) is 5.43 Å². The lowest BCUT2D eigenvalue weighted by atomic mass is 10.2. The van der Waals surface area contributed by atoms with Gasteiger partial charge in [0.05, 0.1) is 11.8 Å². The van der Waals surface area contributed by atoms with Gasteiger partial charge in [0.1, 0.15) is 11.5 Å². The van der Waals surface area contributed by atoms with E-state index in [-0.39, 0.29) is 17.1 Å². The lowest BCUT2D eigenvalue weighted by Crippen LogP contribution is -2.17. The van der Waals surface area contributed by atoms with Crippen LogP contribution in [0.25, 0.3) is 0 Å². The quantitative estimate of drug-likeness (QED) is 0.596. The van der Waals surface area contributed by atoms with E-state index in [1.165, 1.54) is 18.3 Å². The number of hydrazone groups is 1. The summed E-state index contributed by atoms with van der Waals surface area (Å²) < 4.78 is 0.852. The van der Waals surface area contributed by atoms with E-state index in [1.54, 1.807) is 0 Å². The Labute approximate surface area is 123 Å². The van der Waals surface area contributed by atoms with Gasteiger partial charge in [-0.2, -0.15) is 5.10 Å². The average Bonchev–Trinajstić information content (AvgIpc) is 2.40. The zero-order valence-electron chi connectivity index (χ0n) is 10.2. The van der Waals surface area contributed by atoms with E-state index >= 15 is 0 Å². The average molecular weight is 335 g/mol. The molecule has 0 saturated carbocycles. The predicted octanol–water partition coefficient (Wildman–Crippen LogP) is 2.62. The number of nitrogens with one attached hydrogen (secondary N) is 1. The minimum Gasteiger partial charge on any atom is -0.508 e. The number of nitrogens with zero attached hydrogens (tertiary/aromatic N) is 1. The number of carbonyl (C=O) groups is 1. The summed E-state index contributed by atoms with van der Waals surface area (Å²) in [6.07, 6.45) is 1.49. The molecule has 2 rings (SSSR count). The highest BCUT2D eigenvalue weighted by atomic mass is 79.9. The van der Waals surface area contributed by atoms with Crippen molar-refractivity contribution in [2.24, 2.45) is 5.10 Å². The van der Waals surface area contributed by atoms with Crippen molar-refractivity contribution in [3.05, 3.63) is 58.1 Å². The minimum atomic E-state index is -0.564. The van der Waals surface area contributed by atoms with Crippen LogP contribution in [0.3, 0.4) is 0 Å². The molecule has 0 atom stereocenters. The van der Waals surface area contributed by atoms with Gasteiger partial charge in [0.2, 0.25) is 0 Å². The third kappa shape index (κ3) is 3.36. The Hall–Kier alpha value is -2.34. The molecule has 0 unspecified atom stereocenters. The van der Waals surface area contributed by atoms with Crippen LogP contribution in [0.4, 0.5) is 0 Å². The Kier molecular flexibility index (Phi) is 4.37. The highest BCUT2D eigenvalue weighted by Crippen LogP contribution is 2.22. The molecular weight excluding hydrogens is 324 g/mol. The van der Waals surface area contributed by atoms with E-state index < -0.39 is 5.91 Å². The fourth-order valence-corrected chi connectivity index (χ4v) is 1.90. The fraction of sp³-hybridized carbons (Fsp3) is 0. The maximum Gasteiger partial charge on any atom is 0.275 e. The molecule has 5 nitrogen and oxygen atoms in total. The normalized spacial score (nSPS) is 10.7. The van der Waals surface area contributed by atoms with Crippen LogP contribution in [-0.4, -0.2) is 22.3 Å². The molecule has 0 radical (unpaired) electrons. The van der Waals surface area contributed by atoms with E-state index in [2.05, 4.69) is 26.5 Å². The monoisotopic (exact) mass is 334 g/mol. The summed E-state index contributed by atoms with van der Waals surface area (Å²) in [6, 6.07) is 11.1. The second kappa shape index (κ2) is 6.21. The summed E-state index contributed by atoms with van der Waals surface area (Å²) in [6.45, 7) is 0. The second-order valence-electron chi connectivity index (χ2n) is 3.92. The van der Waals surface area contributed by atoms with Crippen molar-refractivity contribution in [3.63, 3.8) is 0 Å². The Morgan fingerprint density at radius 3 is 2.65 bits per heavy atom. The van der Waals surface area contributed by atoms with Gasteiger partial charge < -0.3 is 10.2 Å². The molecule has 102 valence electrons. The van der Waals surface area contributed by atoms with Crippen LogP contribution in [0.2, 0.25) is 0 Å². The van der Waals surface area contributed by atoms with Crippen LogP contribution in [0.15, 0.2) is 52.0 Å². The lowest BCUT2D eigenvalue weighted by molar-refractivity contribution is 0.0952. The molecule has 0 bridgehead atoms. The first kappa shape index (κ1) is 14.1. The zero-order chi connectivity index (χ0) is 14.5. The summed E-state index contributed by atoms with van der Waals surface area (Å²) in [5.41, 5.74) is 3.15. The Morgan fingerprint density at radius 2 is 1.95 bits per heavy atom. The molecule has 0 aliphatic rings. The molecule has 0 saturated heterocycles. The molecule has 2 aromatic rings. The third-order valence-corrected chi connectivity index (χ3v) is 3.22. The highest BCUT2D eigenvalue weighted by molar-refractivity contribution is 9.10. The molecule has 2 aromatic carbocycles. The maximum absolute atomic E-state index is 11.8. The van der Waals surface area contributed by atoms with Gasteiger partial charge in [0.15, 0.2) is 0 Å². The van der Waals surface area contributed by atoms with E-state index in [4.69, 9.17) is 5.11 Å². The lowest BCUT2D eigenvalue weighted by Gasteiger charge is -2.03. The molecule has 3 N–H and O–H groups in total. The van der Waals surface area contributed by atoms with Crippen LogP contribution in [0.5, 0.6) is 11.5 Å². The number of phenols is 2. The number of benzene rings is 2. The first-order chi connectivity index (χ1) is 9.58. The summed E-state index contributed by atoms with van der Waals surface area (Å²) in [7, 11) is 0. The van der Waals surface area contributed by atoms with E-state index in [1.807, 2.05) is 24.3 Å². The Morgan fingerprint density at radius 1 is 1.20 bits per heavy atom. The van der Waals surface area contributed by atoms with E-state index in [0.29, 0.717) is 0 Å². The van der Waals surface area contributed by atoms with Crippen molar-refractivity contribution in [3.8, 4) is 11.5 Å². The van der Waals surface area contributed by atoms with Crippen molar-refractivity contribution >= 4 is 28.1 Å². The van der Waals surface area contributed by atoms with Gasteiger partial charge in [-0.15, -0.1) is 0 Å². The topological polar surface area (TPSA) is 81.9 Å². The van der Waals surface area contributed by atoms with Gasteiger partial charge in [0.25, 0.3) is 5.91 Å². The standard InChI is InChI=1S/C14H11BrN2O3/c15-12-4-2-1-3-9(12)8-16-17-14(20)11-6-5-10(18)7-13(11)19/h1-8,18-19H,(H,17,20)/b16-8+. The fourth-order valence-electron chi connectivity index (χ4n) is 1.51. The molecule has 1 amide bonds. The number of hydrogen-bond donors (Lipinski definition) is 3. The summed E-state index contributed by atoms with van der Waals surface area (Å²) in [4.78, 5) is 11.8. The summed E-state index contributed by atoms with van der Waals surface area (Å²) in [5, 5.41) is 22.5. The molecule has 6 heteroatoms. The first-order valence-electron chi connectivity index (χ1n) is 5.68. The molecule has 0 aliphatic carbocycles. The van der Waals surface area contributed by atoms with E-state index in [0.717, 1.165) is 16.1 Å². The van der Waals surface area contributed by atoms with Gasteiger partial charge in [-0.3, -0.25) is 4.79 Å². The minimum absolute atomic E-state index is 0.0343. The molecule has 0 heterocycles. The van der Waals surface area contributed by atoms with Gasteiger partial charge in [-0.05, 0) is 18.2 Å². The number of halogens is 1. The Balaban J connectivity index is 2.07. The molecule has 0 aliphatic heterocycles. The van der Waals surface area contributed by atoms with E-state index in [9.17, 15) is 9.90 Å². The highest BCUT2D eigenvalue weighted by Gasteiger charge is 2.10. The number of phenolic OH excluding ortho intramolecular Hbond substituents is 2. The van der Waals surface area contributed by atoms with Crippen LogP contribution in [0.1, 0.15) is 15.9 Å². The molecular formula is C14H11BrN2O3. The van der Waals surface area contributed by atoms with Crippen molar-refractivity contribution in [2.45, 2.75) is 0 Å². The van der Waals surface area contributed by atoms with Crippen LogP contribution < -0.4 is 5.43 Å². The number of rotatable bonds is 3. The summed E-state index contributed by atoms with van der Waals surface area (Å²) in [5.74, 6) is -0.986. The number of carbonyl (C=O) groups excluding carboxylic acids is 1.